The number of nitrogens with one attached hydrogen (secondary N) is 2. The molecule has 11 nitrogen and oxygen atoms in total. The molecule has 0 unspecified atom stereocenters. The van der Waals surface area contributed by atoms with Gasteiger partial charge in [-0.15, -0.1) is 0 Å². The van der Waals surface area contributed by atoms with Crippen molar-refractivity contribution in [3.05, 3.63) is 48.3 Å². The first kappa shape index (κ1) is 26.0. The zero-order valence-electron chi connectivity index (χ0n) is 19.9. The van der Waals surface area contributed by atoms with Gasteiger partial charge in [-0.3, -0.25) is 18.9 Å². The lowest BCUT2D eigenvalue weighted by Gasteiger charge is -2.31. The lowest BCUT2D eigenvalue weighted by atomic mass is 9.98. The molecule has 0 spiro atoms. The minimum absolute atomic E-state index is 0.0363. The summed E-state index contributed by atoms with van der Waals surface area (Å²) in [6, 6.07) is 8.06. The van der Waals surface area contributed by atoms with Gasteiger partial charge in [0, 0.05) is 44.3 Å². The van der Waals surface area contributed by atoms with E-state index in [-0.39, 0.29) is 17.4 Å². The van der Waals surface area contributed by atoms with Gasteiger partial charge in [0.1, 0.15) is 4.90 Å². The second kappa shape index (κ2) is 10.5. The summed E-state index contributed by atoms with van der Waals surface area (Å²) >= 11 is 0. The van der Waals surface area contributed by atoms with Crippen LogP contribution in [-0.2, 0) is 36.1 Å². The largest absolute Gasteiger partial charge is 0.348 e. The Morgan fingerprint density at radius 3 is 2.47 bits per heavy atom. The monoisotopic (exact) mass is 535 g/mol. The van der Waals surface area contributed by atoms with Crippen LogP contribution in [-0.4, -0.2) is 70.4 Å². The topological polar surface area (TPSA) is 146 Å². The third kappa shape index (κ3) is 5.85. The molecule has 0 atom stereocenters. The van der Waals surface area contributed by atoms with Crippen molar-refractivity contribution >= 4 is 43.2 Å². The minimum Gasteiger partial charge on any atom is -0.348 e. The molecule has 1 fully saturated rings. The Kier molecular flexibility index (Phi) is 7.62. The fraction of sp³-hybridized carbons (Fsp3) is 0.435. The van der Waals surface area contributed by atoms with Crippen LogP contribution in [0.15, 0.2) is 47.6 Å². The van der Waals surface area contributed by atoms with Gasteiger partial charge >= 0.3 is 11.8 Å². The van der Waals surface area contributed by atoms with Gasteiger partial charge in [-0.1, -0.05) is 6.07 Å². The number of carbonyl (C=O) groups excluding carboxylic acids is 2. The number of anilines is 2. The molecular weight excluding hydrogens is 506 g/mol. The maximum atomic E-state index is 12.7. The summed E-state index contributed by atoms with van der Waals surface area (Å²) in [4.78, 5) is 28.8. The van der Waals surface area contributed by atoms with E-state index in [2.05, 4.69) is 15.6 Å². The van der Waals surface area contributed by atoms with E-state index in [1.165, 1.54) is 27.1 Å². The standard InChI is InChI=1S/C23H29N5O6S2/c1-35(31,32)28-11-3-4-18-6-7-19(14-21(18)28)26-23(30)22(29)25-15-17-8-12-27(13-9-17)36(33,34)20-5-2-10-24-16-20/h2,5-7,10,14,16-17H,3-4,8-9,11-13,15H2,1H3,(H,25,29)(H,26,30). The summed E-state index contributed by atoms with van der Waals surface area (Å²) in [5.74, 6) is -1.62. The highest BCUT2D eigenvalue weighted by atomic mass is 32.2. The fourth-order valence-electron chi connectivity index (χ4n) is 4.47. The average molecular weight is 536 g/mol. The molecule has 0 radical (unpaired) electrons. The molecule has 13 heteroatoms. The lowest BCUT2D eigenvalue weighted by Crippen LogP contribution is -2.43. The van der Waals surface area contributed by atoms with Crippen molar-refractivity contribution in [3.8, 4) is 0 Å². The van der Waals surface area contributed by atoms with Gasteiger partial charge in [0.2, 0.25) is 20.0 Å². The summed E-state index contributed by atoms with van der Waals surface area (Å²) < 4.78 is 52.4. The Labute approximate surface area is 211 Å². The molecule has 2 aliphatic heterocycles. The minimum atomic E-state index is -3.61. The number of pyridine rings is 1. The highest BCUT2D eigenvalue weighted by Gasteiger charge is 2.30. The van der Waals surface area contributed by atoms with Gasteiger partial charge in [0.25, 0.3) is 0 Å². The number of sulfonamides is 2. The van der Waals surface area contributed by atoms with Crippen molar-refractivity contribution in [2.75, 3.05) is 42.1 Å². The third-order valence-electron chi connectivity index (χ3n) is 6.42. The van der Waals surface area contributed by atoms with E-state index in [1.807, 2.05) is 0 Å². The number of amides is 2. The van der Waals surface area contributed by atoms with E-state index < -0.39 is 31.9 Å². The van der Waals surface area contributed by atoms with E-state index in [4.69, 9.17) is 0 Å². The molecule has 1 aromatic carbocycles. The number of aromatic nitrogens is 1. The number of piperidine rings is 1. The second-order valence-electron chi connectivity index (χ2n) is 8.98. The summed E-state index contributed by atoms with van der Waals surface area (Å²) in [5, 5.41) is 5.15. The first-order chi connectivity index (χ1) is 17.1. The summed E-state index contributed by atoms with van der Waals surface area (Å²) in [5.41, 5.74) is 1.71. The molecule has 1 saturated heterocycles. The SMILES string of the molecule is CS(=O)(=O)N1CCCc2ccc(NC(=O)C(=O)NCC3CCN(S(=O)(=O)c4cccnc4)CC3)cc21. The number of hydrogen-bond acceptors (Lipinski definition) is 7. The van der Waals surface area contributed by atoms with E-state index >= 15 is 0 Å². The summed E-state index contributed by atoms with van der Waals surface area (Å²) in [6.07, 6.45) is 6.52. The Morgan fingerprint density at radius 2 is 1.81 bits per heavy atom. The molecule has 0 saturated carbocycles. The zero-order valence-corrected chi connectivity index (χ0v) is 21.5. The molecule has 0 aliphatic carbocycles. The van der Waals surface area contributed by atoms with Crippen molar-refractivity contribution < 1.29 is 26.4 Å². The van der Waals surface area contributed by atoms with E-state index in [9.17, 15) is 26.4 Å². The maximum Gasteiger partial charge on any atom is 0.313 e. The lowest BCUT2D eigenvalue weighted by molar-refractivity contribution is -0.136. The predicted molar refractivity (Wildman–Crippen MR) is 134 cm³/mol. The van der Waals surface area contributed by atoms with Crippen LogP contribution >= 0.6 is 0 Å². The Hall–Kier alpha value is -3.03. The Bertz CT molecular complexity index is 1340. The quantitative estimate of drug-likeness (QED) is 0.524. The van der Waals surface area contributed by atoms with Crippen LogP contribution < -0.4 is 14.9 Å². The summed E-state index contributed by atoms with van der Waals surface area (Å²) in [7, 11) is -7.06. The third-order valence-corrected chi connectivity index (χ3v) is 9.48. The molecule has 36 heavy (non-hydrogen) atoms. The van der Waals surface area contributed by atoms with Crippen LogP contribution in [0, 0.1) is 5.92 Å². The summed E-state index contributed by atoms with van der Waals surface area (Å²) in [6.45, 7) is 1.25. The van der Waals surface area contributed by atoms with Gasteiger partial charge in [-0.25, -0.2) is 16.8 Å². The van der Waals surface area contributed by atoms with E-state index in [1.54, 1.807) is 24.3 Å². The number of rotatable bonds is 6. The highest BCUT2D eigenvalue weighted by Crippen LogP contribution is 2.31. The average Bonchev–Trinajstić information content (AvgIpc) is 2.87. The zero-order chi connectivity index (χ0) is 25.9. The molecule has 3 heterocycles. The Morgan fingerprint density at radius 1 is 1.06 bits per heavy atom. The van der Waals surface area contributed by atoms with Crippen LogP contribution in [0.2, 0.25) is 0 Å². The van der Waals surface area contributed by atoms with Crippen LogP contribution in [0.25, 0.3) is 0 Å². The first-order valence-corrected chi connectivity index (χ1v) is 14.9. The Balaban J connectivity index is 1.29. The van der Waals surface area contributed by atoms with Gasteiger partial charge in [0.15, 0.2) is 0 Å². The number of fused-ring (bicyclic) bond motifs is 1. The normalized spacial score (nSPS) is 17.3. The van der Waals surface area contributed by atoms with Crippen molar-refractivity contribution in [2.45, 2.75) is 30.6 Å². The maximum absolute atomic E-state index is 12.7. The molecular formula is C23H29N5O6S2. The van der Waals surface area contributed by atoms with Crippen molar-refractivity contribution in [1.82, 2.24) is 14.6 Å². The molecule has 4 rings (SSSR count). The number of nitrogens with zero attached hydrogens (tertiary/aromatic N) is 3. The first-order valence-electron chi connectivity index (χ1n) is 11.7. The highest BCUT2D eigenvalue weighted by molar-refractivity contribution is 7.92. The van der Waals surface area contributed by atoms with Gasteiger partial charge in [-0.2, -0.15) is 4.31 Å². The number of benzene rings is 1. The molecule has 194 valence electrons. The number of aryl methyl sites for hydroxylation is 1. The van der Waals surface area contributed by atoms with Crippen LogP contribution in [0.3, 0.4) is 0 Å². The van der Waals surface area contributed by atoms with Crippen LogP contribution in [0.4, 0.5) is 11.4 Å². The van der Waals surface area contributed by atoms with Gasteiger partial charge in [-0.05, 0) is 61.4 Å². The molecule has 0 bridgehead atoms. The smallest absolute Gasteiger partial charge is 0.313 e. The fourth-order valence-corrected chi connectivity index (χ4v) is 6.89. The number of carbonyl (C=O) groups is 2. The van der Waals surface area contributed by atoms with Crippen molar-refractivity contribution in [2.24, 2.45) is 5.92 Å². The molecule has 2 aliphatic rings. The van der Waals surface area contributed by atoms with E-state index in [0.717, 1.165) is 18.2 Å². The van der Waals surface area contributed by atoms with Gasteiger partial charge in [0.05, 0.1) is 11.9 Å². The van der Waals surface area contributed by atoms with Crippen molar-refractivity contribution in [3.63, 3.8) is 0 Å². The van der Waals surface area contributed by atoms with Crippen LogP contribution in [0.1, 0.15) is 24.8 Å². The van der Waals surface area contributed by atoms with E-state index in [0.29, 0.717) is 50.3 Å². The second-order valence-corrected chi connectivity index (χ2v) is 12.8. The molecule has 2 amide bonds. The van der Waals surface area contributed by atoms with Gasteiger partial charge < -0.3 is 10.6 Å². The number of hydrogen-bond donors (Lipinski definition) is 2. The predicted octanol–water partition coefficient (Wildman–Crippen LogP) is 0.949. The van der Waals surface area contributed by atoms with Crippen molar-refractivity contribution in [1.29, 1.82) is 0 Å². The molecule has 1 aromatic heterocycles. The molecule has 2 aromatic rings. The molecule has 2 N–H and O–H groups in total. The van der Waals surface area contributed by atoms with Crippen LogP contribution in [0.5, 0.6) is 0 Å².